The van der Waals surface area contributed by atoms with Crippen LogP contribution in [0.25, 0.3) is 0 Å². The number of allylic oxidation sites excluding steroid dienone is 3. The Kier molecular flexibility index (Phi) is 3.51. The number of aliphatic hydroxyl groups excluding tert-OH is 2. The zero-order valence-electron chi connectivity index (χ0n) is 11.3. The van der Waals surface area contributed by atoms with Gasteiger partial charge in [-0.1, -0.05) is 20.8 Å². The first-order chi connectivity index (χ1) is 8.47. The van der Waals surface area contributed by atoms with Gasteiger partial charge in [-0.15, -0.1) is 0 Å². The van der Waals surface area contributed by atoms with Crippen molar-refractivity contribution < 1.29 is 15.0 Å². The Balaban J connectivity index is 2.51. The Morgan fingerprint density at radius 3 is 2.56 bits per heavy atom. The highest BCUT2D eigenvalue weighted by molar-refractivity contribution is 5.77. The van der Waals surface area contributed by atoms with Gasteiger partial charge in [0.15, 0.2) is 5.76 Å². The SMILES string of the molecule is CC1CC2C(=C(C=O)CC[C@H]2C(C)C)C(O)=C1O. The predicted molar refractivity (Wildman–Crippen MR) is 70.2 cm³/mol. The van der Waals surface area contributed by atoms with Gasteiger partial charge in [0.2, 0.25) is 0 Å². The van der Waals surface area contributed by atoms with Gasteiger partial charge >= 0.3 is 0 Å². The van der Waals surface area contributed by atoms with Crippen LogP contribution in [0.2, 0.25) is 0 Å². The number of carbonyl (C=O) groups excluding carboxylic acids is 1. The zero-order valence-corrected chi connectivity index (χ0v) is 11.3. The van der Waals surface area contributed by atoms with E-state index in [1.54, 1.807) is 0 Å². The van der Waals surface area contributed by atoms with Crippen LogP contribution in [0.4, 0.5) is 0 Å². The van der Waals surface area contributed by atoms with E-state index in [0.29, 0.717) is 29.4 Å². The molecule has 0 aliphatic heterocycles. The van der Waals surface area contributed by atoms with Crippen LogP contribution in [0.3, 0.4) is 0 Å². The molecule has 3 heteroatoms. The lowest BCUT2D eigenvalue weighted by Gasteiger charge is -2.40. The van der Waals surface area contributed by atoms with Gasteiger partial charge in [-0.25, -0.2) is 0 Å². The van der Waals surface area contributed by atoms with Crippen molar-refractivity contribution in [1.82, 2.24) is 0 Å². The molecule has 0 fully saturated rings. The molecule has 0 heterocycles. The second-order valence-corrected chi connectivity index (χ2v) is 5.98. The molecule has 0 saturated heterocycles. The van der Waals surface area contributed by atoms with Crippen LogP contribution in [0.1, 0.15) is 40.0 Å². The second kappa shape index (κ2) is 4.79. The third-order valence-electron chi connectivity index (χ3n) is 4.55. The summed E-state index contributed by atoms with van der Waals surface area (Å²) in [5.41, 5.74) is 1.39. The maximum absolute atomic E-state index is 11.2. The summed E-state index contributed by atoms with van der Waals surface area (Å²) in [7, 11) is 0. The molecule has 100 valence electrons. The van der Waals surface area contributed by atoms with Crippen molar-refractivity contribution in [3.05, 3.63) is 22.7 Å². The molecule has 2 aliphatic rings. The maximum atomic E-state index is 11.2. The minimum atomic E-state index is -0.0359. The first-order valence-corrected chi connectivity index (χ1v) is 6.78. The average Bonchev–Trinajstić information content (AvgIpc) is 2.34. The largest absolute Gasteiger partial charge is 0.508 e. The molecule has 2 rings (SSSR count). The quantitative estimate of drug-likeness (QED) is 0.737. The minimum absolute atomic E-state index is 0.0222. The summed E-state index contributed by atoms with van der Waals surface area (Å²) in [6, 6.07) is 0. The van der Waals surface area contributed by atoms with Gasteiger partial charge in [-0.05, 0) is 42.6 Å². The molecular weight excluding hydrogens is 228 g/mol. The van der Waals surface area contributed by atoms with Gasteiger partial charge in [-0.3, -0.25) is 4.79 Å². The first kappa shape index (κ1) is 13.2. The third kappa shape index (κ3) is 1.96. The third-order valence-corrected chi connectivity index (χ3v) is 4.55. The highest BCUT2D eigenvalue weighted by atomic mass is 16.3. The van der Waals surface area contributed by atoms with E-state index >= 15 is 0 Å². The number of carbonyl (C=O) groups is 1. The van der Waals surface area contributed by atoms with Crippen LogP contribution in [0.15, 0.2) is 22.7 Å². The molecule has 0 radical (unpaired) electrons. The van der Waals surface area contributed by atoms with E-state index < -0.39 is 0 Å². The lowest BCUT2D eigenvalue weighted by Crippen LogP contribution is -2.33. The van der Waals surface area contributed by atoms with Crippen molar-refractivity contribution >= 4 is 6.29 Å². The van der Waals surface area contributed by atoms with Crippen molar-refractivity contribution in [2.45, 2.75) is 40.0 Å². The lowest BCUT2D eigenvalue weighted by molar-refractivity contribution is -0.105. The Labute approximate surface area is 108 Å². The summed E-state index contributed by atoms with van der Waals surface area (Å²) in [6.07, 6.45) is 3.38. The van der Waals surface area contributed by atoms with Gasteiger partial charge in [-0.2, -0.15) is 0 Å². The van der Waals surface area contributed by atoms with E-state index in [1.807, 2.05) is 6.92 Å². The molecule has 18 heavy (non-hydrogen) atoms. The Morgan fingerprint density at radius 2 is 2.00 bits per heavy atom. The van der Waals surface area contributed by atoms with E-state index in [9.17, 15) is 15.0 Å². The molecule has 0 aromatic carbocycles. The summed E-state index contributed by atoms with van der Waals surface area (Å²) in [5, 5.41) is 20.1. The Hall–Kier alpha value is -1.25. The number of hydrogen-bond acceptors (Lipinski definition) is 3. The summed E-state index contributed by atoms with van der Waals surface area (Å²) in [5.74, 6) is 1.21. The van der Waals surface area contributed by atoms with E-state index in [0.717, 1.165) is 19.1 Å². The number of rotatable bonds is 2. The fourth-order valence-electron chi connectivity index (χ4n) is 3.51. The van der Waals surface area contributed by atoms with Gasteiger partial charge in [0, 0.05) is 11.5 Å². The summed E-state index contributed by atoms with van der Waals surface area (Å²) in [6.45, 7) is 6.30. The smallest absolute Gasteiger partial charge is 0.157 e. The highest BCUT2D eigenvalue weighted by Crippen LogP contribution is 2.48. The predicted octanol–water partition coefficient (Wildman–Crippen LogP) is 3.53. The number of aliphatic hydroxyl groups is 2. The van der Waals surface area contributed by atoms with Crippen molar-refractivity contribution in [2.75, 3.05) is 0 Å². The number of fused-ring (bicyclic) bond motifs is 1. The molecule has 0 bridgehead atoms. The Bertz CT molecular complexity index is 417. The monoisotopic (exact) mass is 250 g/mol. The van der Waals surface area contributed by atoms with Gasteiger partial charge in [0.05, 0.1) is 0 Å². The maximum Gasteiger partial charge on any atom is 0.157 e. The van der Waals surface area contributed by atoms with Gasteiger partial charge in [0.1, 0.15) is 12.0 Å². The normalized spacial score (nSPS) is 32.8. The zero-order chi connectivity index (χ0) is 13.4. The van der Waals surface area contributed by atoms with Crippen LogP contribution < -0.4 is 0 Å². The first-order valence-electron chi connectivity index (χ1n) is 6.78. The molecule has 3 nitrogen and oxygen atoms in total. The lowest BCUT2D eigenvalue weighted by atomic mass is 9.64. The molecule has 2 N–H and O–H groups in total. The van der Waals surface area contributed by atoms with Crippen LogP contribution >= 0.6 is 0 Å². The molecule has 2 unspecified atom stereocenters. The van der Waals surface area contributed by atoms with Gasteiger partial charge < -0.3 is 10.2 Å². The number of aldehydes is 1. The van der Waals surface area contributed by atoms with Crippen LogP contribution in [0.5, 0.6) is 0 Å². The summed E-state index contributed by atoms with van der Waals surface area (Å²) < 4.78 is 0. The van der Waals surface area contributed by atoms with Crippen LogP contribution in [0, 0.1) is 23.7 Å². The molecule has 0 aromatic heterocycles. The fraction of sp³-hybridized carbons (Fsp3) is 0.667. The summed E-state index contributed by atoms with van der Waals surface area (Å²) >= 11 is 0. The topological polar surface area (TPSA) is 57.5 Å². The summed E-state index contributed by atoms with van der Waals surface area (Å²) in [4.78, 5) is 11.2. The average molecular weight is 250 g/mol. The molecule has 0 amide bonds. The van der Waals surface area contributed by atoms with E-state index in [4.69, 9.17) is 0 Å². The fourth-order valence-corrected chi connectivity index (χ4v) is 3.51. The molecule has 0 aromatic rings. The van der Waals surface area contributed by atoms with Crippen LogP contribution in [-0.2, 0) is 4.79 Å². The van der Waals surface area contributed by atoms with E-state index in [2.05, 4.69) is 13.8 Å². The molecule has 0 spiro atoms. The highest BCUT2D eigenvalue weighted by Gasteiger charge is 2.40. The molecular formula is C15H22O3. The van der Waals surface area contributed by atoms with Crippen molar-refractivity contribution in [1.29, 1.82) is 0 Å². The Morgan fingerprint density at radius 1 is 1.33 bits per heavy atom. The van der Waals surface area contributed by atoms with Crippen molar-refractivity contribution in [2.24, 2.45) is 23.7 Å². The van der Waals surface area contributed by atoms with Crippen molar-refractivity contribution in [3.63, 3.8) is 0 Å². The molecule has 3 atom stereocenters. The van der Waals surface area contributed by atoms with E-state index in [-0.39, 0.29) is 23.4 Å². The standard InChI is InChI=1S/C15H22O3/c1-8(2)11-5-4-10(7-16)13-12(11)6-9(3)14(17)15(13)18/h7-9,11-12,17-18H,4-6H2,1-3H3/t9?,11-,12?/m0/s1. The number of hydrogen-bond donors (Lipinski definition) is 2. The van der Waals surface area contributed by atoms with Crippen LogP contribution in [-0.4, -0.2) is 16.5 Å². The second-order valence-electron chi connectivity index (χ2n) is 5.98. The van der Waals surface area contributed by atoms with Crippen molar-refractivity contribution in [3.8, 4) is 0 Å². The molecule has 0 saturated carbocycles. The molecule has 2 aliphatic carbocycles. The van der Waals surface area contributed by atoms with E-state index in [1.165, 1.54) is 0 Å². The van der Waals surface area contributed by atoms with Gasteiger partial charge in [0.25, 0.3) is 0 Å². The minimum Gasteiger partial charge on any atom is -0.508 e.